The molecule has 0 saturated carbocycles. The molecule has 122 valence electrons. The monoisotopic (exact) mass is 414 g/mol. The van der Waals surface area contributed by atoms with Gasteiger partial charge in [-0.15, -0.1) is 0 Å². The number of aryl methyl sites for hydroxylation is 1. The van der Waals surface area contributed by atoms with E-state index in [9.17, 15) is 8.42 Å². The molecular formula is C18H19ClO2SSe. The molecule has 0 saturated heterocycles. The van der Waals surface area contributed by atoms with E-state index in [1.807, 2.05) is 49.4 Å². The Hall–Kier alpha value is -1.06. The van der Waals surface area contributed by atoms with E-state index in [2.05, 4.69) is 0 Å². The summed E-state index contributed by atoms with van der Waals surface area (Å²) in [4.78, 5) is 0.343. The molecule has 0 unspecified atom stereocenters. The molecule has 2 nitrogen and oxygen atoms in total. The molecule has 0 heterocycles. The summed E-state index contributed by atoms with van der Waals surface area (Å²) in [5.74, 6) is 0.535. The van der Waals surface area contributed by atoms with Crippen molar-refractivity contribution >= 4 is 40.9 Å². The van der Waals surface area contributed by atoms with Crippen LogP contribution in [0.1, 0.15) is 18.4 Å². The van der Waals surface area contributed by atoms with Crippen molar-refractivity contribution in [3.8, 4) is 0 Å². The second-order valence-electron chi connectivity index (χ2n) is 5.15. The average Bonchev–Trinajstić information content (AvgIpc) is 2.54. The van der Waals surface area contributed by atoms with E-state index in [0.29, 0.717) is 17.2 Å². The summed E-state index contributed by atoms with van der Waals surface area (Å²) in [6.07, 6.45) is 1.49. The second-order valence-corrected chi connectivity index (χ2v) is 9.84. The third-order valence-corrected chi connectivity index (χ3v) is 7.60. The summed E-state index contributed by atoms with van der Waals surface area (Å²) in [6.45, 7) is 1.94. The topological polar surface area (TPSA) is 34.1 Å². The van der Waals surface area contributed by atoms with Crippen LogP contribution >= 0.6 is 11.6 Å². The summed E-state index contributed by atoms with van der Waals surface area (Å²) < 4.78 is 27.3. The molecule has 0 spiro atoms. The Labute approximate surface area is 149 Å². The van der Waals surface area contributed by atoms with Gasteiger partial charge in [0.25, 0.3) is 0 Å². The first-order valence-electron chi connectivity index (χ1n) is 7.32. The fourth-order valence-electron chi connectivity index (χ4n) is 1.98. The fraction of sp³-hybridized carbons (Fsp3) is 0.222. The normalized spacial score (nSPS) is 12.3. The van der Waals surface area contributed by atoms with Gasteiger partial charge in [0.2, 0.25) is 0 Å². The maximum atomic E-state index is 12.6. The Kier molecular flexibility index (Phi) is 6.91. The van der Waals surface area contributed by atoms with Gasteiger partial charge in [0.15, 0.2) is 0 Å². The molecule has 0 radical (unpaired) electrons. The van der Waals surface area contributed by atoms with Crippen LogP contribution < -0.4 is 4.46 Å². The van der Waals surface area contributed by atoms with Gasteiger partial charge in [0.05, 0.1) is 0 Å². The molecule has 0 aliphatic carbocycles. The number of halogens is 1. The molecule has 0 atom stereocenters. The quantitative estimate of drug-likeness (QED) is 0.513. The molecule has 0 bridgehead atoms. The van der Waals surface area contributed by atoms with Crippen LogP contribution in [-0.2, 0) is 9.84 Å². The summed E-state index contributed by atoms with van der Waals surface area (Å²) in [5, 5.41) is 1.44. The predicted octanol–water partition coefficient (Wildman–Crippen LogP) is 3.66. The number of alkyl halides is 1. The van der Waals surface area contributed by atoms with E-state index in [0.717, 1.165) is 16.5 Å². The number of hydrogen-bond donors (Lipinski definition) is 0. The van der Waals surface area contributed by atoms with Crippen molar-refractivity contribution in [1.29, 1.82) is 0 Å². The van der Waals surface area contributed by atoms with E-state index in [1.54, 1.807) is 12.1 Å². The van der Waals surface area contributed by atoms with E-state index in [4.69, 9.17) is 11.6 Å². The van der Waals surface area contributed by atoms with Gasteiger partial charge < -0.3 is 0 Å². The first kappa shape index (κ1) is 18.3. The summed E-state index contributed by atoms with van der Waals surface area (Å²) >= 11 is 5.78. The van der Waals surface area contributed by atoms with Gasteiger partial charge in [-0.2, -0.15) is 0 Å². The molecule has 2 aromatic carbocycles. The van der Waals surface area contributed by atoms with Gasteiger partial charge in [-0.3, -0.25) is 0 Å². The third-order valence-electron chi connectivity index (χ3n) is 3.19. The first-order chi connectivity index (χ1) is 11.0. The van der Waals surface area contributed by atoms with Crippen molar-refractivity contribution < 1.29 is 8.42 Å². The Bertz CT molecular complexity index is 753. The van der Waals surface area contributed by atoms with Crippen LogP contribution in [0.5, 0.6) is 0 Å². The standard InChI is InChI=1S/C18H19ClO2SSe/c1-15-9-11-16(12-10-15)22(20,21)14-18(8-5-13-19)23-17-6-3-2-4-7-17/h2-4,6-7,9-12,14H,5,8,13H2,1H3. The molecule has 0 aliphatic rings. The van der Waals surface area contributed by atoms with Gasteiger partial charge >= 0.3 is 150 Å². The van der Waals surface area contributed by atoms with Crippen LogP contribution in [0, 0.1) is 6.92 Å². The van der Waals surface area contributed by atoms with Crippen molar-refractivity contribution in [2.24, 2.45) is 0 Å². The number of benzene rings is 2. The van der Waals surface area contributed by atoms with Crippen LogP contribution in [0.2, 0.25) is 0 Å². The summed E-state index contributed by atoms with van der Waals surface area (Å²) in [7, 11) is -3.42. The first-order valence-corrected chi connectivity index (χ1v) is 11.1. The van der Waals surface area contributed by atoms with Crippen LogP contribution in [0.15, 0.2) is 69.4 Å². The molecule has 2 aromatic rings. The van der Waals surface area contributed by atoms with Crippen LogP contribution in [-0.4, -0.2) is 29.3 Å². The van der Waals surface area contributed by atoms with Gasteiger partial charge in [-0.05, 0) is 0 Å². The second kappa shape index (κ2) is 8.70. The molecule has 23 heavy (non-hydrogen) atoms. The number of hydrogen-bond acceptors (Lipinski definition) is 2. The molecule has 0 aliphatic heterocycles. The predicted molar refractivity (Wildman–Crippen MR) is 98.2 cm³/mol. The van der Waals surface area contributed by atoms with E-state index >= 15 is 0 Å². The Balaban J connectivity index is 2.29. The number of sulfone groups is 1. The van der Waals surface area contributed by atoms with E-state index in [-0.39, 0.29) is 15.0 Å². The van der Waals surface area contributed by atoms with Gasteiger partial charge in [0, 0.05) is 0 Å². The van der Waals surface area contributed by atoms with E-state index in [1.165, 1.54) is 9.87 Å². The minimum absolute atomic E-state index is 0.00884. The van der Waals surface area contributed by atoms with Crippen molar-refractivity contribution in [3.63, 3.8) is 0 Å². The minimum atomic E-state index is -3.42. The average molecular weight is 414 g/mol. The van der Waals surface area contributed by atoms with Crippen molar-refractivity contribution in [1.82, 2.24) is 0 Å². The molecular weight excluding hydrogens is 395 g/mol. The summed E-state index contributed by atoms with van der Waals surface area (Å²) in [6, 6.07) is 17.0. The van der Waals surface area contributed by atoms with Crippen molar-refractivity contribution in [3.05, 3.63) is 70.0 Å². The van der Waals surface area contributed by atoms with Crippen LogP contribution in [0.25, 0.3) is 0 Å². The number of rotatable bonds is 7. The van der Waals surface area contributed by atoms with Gasteiger partial charge in [-0.25, -0.2) is 0 Å². The molecule has 2 rings (SSSR count). The van der Waals surface area contributed by atoms with Crippen LogP contribution in [0.3, 0.4) is 0 Å². The summed E-state index contributed by atoms with van der Waals surface area (Å²) in [5.41, 5.74) is 1.05. The van der Waals surface area contributed by atoms with Gasteiger partial charge in [-0.1, -0.05) is 0 Å². The Morgan fingerprint density at radius 2 is 1.74 bits per heavy atom. The SMILES string of the molecule is Cc1ccc(S(=O)(=O)C=C(CCCCl)[Se]c2ccccc2)cc1. The zero-order valence-electron chi connectivity index (χ0n) is 12.9. The zero-order valence-corrected chi connectivity index (χ0v) is 16.2. The number of allylic oxidation sites excluding steroid dienone is 1. The van der Waals surface area contributed by atoms with Crippen molar-refractivity contribution in [2.45, 2.75) is 24.7 Å². The van der Waals surface area contributed by atoms with E-state index < -0.39 is 9.84 Å². The zero-order chi connectivity index (χ0) is 16.7. The molecule has 5 heteroatoms. The van der Waals surface area contributed by atoms with Crippen LogP contribution in [0.4, 0.5) is 0 Å². The third kappa shape index (κ3) is 5.82. The van der Waals surface area contributed by atoms with Crippen molar-refractivity contribution in [2.75, 3.05) is 5.88 Å². The van der Waals surface area contributed by atoms with Gasteiger partial charge in [0.1, 0.15) is 0 Å². The Morgan fingerprint density at radius 1 is 1.09 bits per heavy atom. The molecule has 0 fully saturated rings. The molecule has 0 aromatic heterocycles. The Morgan fingerprint density at radius 3 is 2.35 bits per heavy atom. The molecule has 0 amide bonds. The molecule has 0 N–H and O–H groups in total. The maximum absolute atomic E-state index is 12.6. The fourth-order valence-corrected chi connectivity index (χ4v) is 6.15.